The molecule has 0 bridgehead atoms. The lowest BCUT2D eigenvalue weighted by Crippen LogP contribution is -2.21. The van der Waals surface area contributed by atoms with Crippen LogP contribution in [0.3, 0.4) is 0 Å². The Morgan fingerprint density at radius 3 is 2.46 bits per heavy atom. The van der Waals surface area contributed by atoms with E-state index in [0.717, 1.165) is 17.0 Å². The van der Waals surface area contributed by atoms with Gasteiger partial charge in [0.25, 0.3) is 5.91 Å². The summed E-state index contributed by atoms with van der Waals surface area (Å²) in [5.41, 5.74) is 3.40. The molecule has 0 atom stereocenters. The van der Waals surface area contributed by atoms with E-state index in [1.54, 1.807) is 7.05 Å². The highest BCUT2D eigenvalue weighted by Gasteiger charge is 2.11. The molecule has 1 heterocycles. The van der Waals surface area contributed by atoms with Crippen LogP contribution in [0.4, 0.5) is 0 Å². The number of pyridine rings is 1. The number of nitrogens with one attached hydrogen (secondary N) is 1. The zero-order valence-electron chi connectivity index (χ0n) is 8.43. The SMILES string of the molecule is CNC(=O)c1c(C)cc(C)nc1C. The summed E-state index contributed by atoms with van der Waals surface area (Å²) in [4.78, 5) is 15.7. The van der Waals surface area contributed by atoms with Crippen molar-refractivity contribution in [1.82, 2.24) is 10.3 Å². The molecule has 0 saturated carbocycles. The first-order valence-corrected chi connectivity index (χ1v) is 4.23. The average Bonchev–Trinajstić information content (AvgIpc) is 2.02. The van der Waals surface area contributed by atoms with Crippen molar-refractivity contribution in [2.24, 2.45) is 0 Å². The van der Waals surface area contributed by atoms with Crippen molar-refractivity contribution >= 4 is 5.91 Å². The second-order valence-corrected chi connectivity index (χ2v) is 3.12. The summed E-state index contributed by atoms with van der Waals surface area (Å²) in [5, 5.41) is 2.60. The Morgan fingerprint density at radius 1 is 1.38 bits per heavy atom. The largest absolute Gasteiger partial charge is 0.355 e. The molecule has 0 spiro atoms. The number of amides is 1. The van der Waals surface area contributed by atoms with Crippen LogP contribution in [0.5, 0.6) is 0 Å². The van der Waals surface area contributed by atoms with Crippen molar-refractivity contribution in [1.29, 1.82) is 0 Å². The van der Waals surface area contributed by atoms with Gasteiger partial charge in [-0.1, -0.05) is 0 Å². The van der Waals surface area contributed by atoms with E-state index in [-0.39, 0.29) is 5.91 Å². The van der Waals surface area contributed by atoms with Gasteiger partial charge in [0, 0.05) is 12.7 Å². The molecule has 0 saturated heterocycles. The van der Waals surface area contributed by atoms with E-state index in [2.05, 4.69) is 10.3 Å². The van der Waals surface area contributed by atoms with Gasteiger partial charge in [-0.05, 0) is 32.4 Å². The Kier molecular flexibility index (Phi) is 2.66. The molecule has 0 unspecified atom stereocenters. The summed E-state index contributed by atoms with van der Waals surface area (Å²) in [6.45, 7) is 5.70. The number of nitrogens with zero attached hydrogens (tertiary/aromatic N) is 1. The highest BCUT2D eigenvalue weighted by atomic mass is 16.1. The van der Waals surface area contributed by atoms with Crippen molar-refractivity contribution in [2.75, 3.05) is 7.05 Å². The minimum absolute atomic E-state index is 0.0671. The van der Waals surface area contributed by atoms with Crippen molar-refractivity contribution in [3.05, 3.63) is 28.6 Å². The molecule has 0 radical (unpaired) electrons. The van der Waals surface area contributed by atoms with Gasteiger partial charge in [0.1, 0.15) is 0 Å². The van der Waals surface area contributed by atoms with Gasteiger partial charge in [-0.2, -0.15) is 0 Å². The van der Waals surface area contributed by atoms with Crippen molar-refractivity contribution in [2.45, 2.75) is 20.8 Å². The molecule has 3 heteroatoms. The number of hydrogen-bond acceptors (Lipinski definition) is 2. The summed E-state index contributed by atoms with van der Waals surface area (Å²) in [5.74, 6) is -0.0671. The average molecular weight is 178 g/mol. The lowest BCUT2D eigenvalue weighted by atomic mass is 10.1. The summed E-state index contributed by atoms with van der Waals surface area (Å²) in [6, 6.07) is 1.91. The monoisotopic (exact) mass is 178 g/mol. The zero-order valence-corrected chi connectivity index (χ0v) is 8.43. The van der Waals surface area contributed by atoms with E-state index in [9.17, 15) is 4.79 Å². The lowest BCUT2D eigenvalue weighted by Gasteiger charge is -2.08. The van der Waals surface area contributed by atoms with Gasteiger partial charge in [-0.3, -0.25) is 9.78 Å². The molecule has 1 aromatic rings. The van der Waals surface area contributed by atoms with Crippen molar-refractivity contribution in [3.63, 3.8) is 0 Å². The van der Waals surface area contributed by atoms with Crippen LogP contribution in [0.2, 0.25) is 0 Å². The van der Waals surface area contributed by atoms with Gasteiger partial charge in [0.05, 0.1) is 11.3 Å². The highest BCUT2D eigenvalue weighted by molar-refractivity contribution is 5.96. The Hall–Kier alpha value is -1.38. The smallest absolute Gasteiger partial charge is 0.253 e. The van der Waals surface area contributed by atoms with Crippen LogP contribution < -0.4 is 5.32 Å². The third-order valence-electron chi connectivity index (χ3n) is 1.98. The standard InChI is InChI=1S/C10H14N2O/c1-6-5-7(2)12-8(3)9(6)10(13)11-4/h5H,1-4H3,(H,11,13). The van der Waals surface area contributed by atoms with E-state index in [1.165, 1.54) is 0 Å². The number of carbonyl (C=O) groups excluding carboxylic acids is 1. The van der Waals surface area contributed by atoms with E-state index in [0.29, 0.717) is 5.56 Å². The van der Waals surface area contributed by atoms with Gasteiger partial charge in [-0.15, -0.1) is 0 Å². The lowest BCUT2D eigenvalue weighted by molar-refractivity contribution is 0.0961. The van der Waals surface area contributed by atoms with Crippen molar-refractivity contribution in [3.8, 4) is 0 Å². The number of aromatic nitrogens is 1. The van der Waals surface area contributed by atoms with E-state index < -0.39 is 0 Å². The molecule has 70 valence electrons. The minimum Gasteiger partial charge on any atom is -0.355 e. The first kappa shape index (κ1) is 9.71. The maximum Gasteiger partial charge on any atom is 0.253 e. The van der Waals surface area contributed by atoms with Gasteiger partial charge in [-0.25, -0.2) is 0 Å². The predicted molar refractivity (Wildman–Crippen MR) is 51.8 cm³/mol. The third-order valence-corrected chi connectivity index (χ3v) is 1.98. The predicted octanol–water partition coefficient (Wildman–Crippen LogP) is 1.37. The minimum atomic E-state index is -0.0671. The van der Waals surface area contributed by atoms with Crippen LogP contribution in [0, 0.1) is 20.8 Å². The molecule has 0 aliphatic carbocycles. The van der Waals surface area contributed by atoms with E-state index in [4.69, 9.17) is 0 Å². The van der Waals surface area contributed by atoms with E-state index in [1.807, 2.05) is 26.8 Å². The summed E-state index contributed by atoms with van der Waals surface area (Å²) >= 11 is 0. The molecule has 1 N–H and O–H groups in total. The first-order chi connectivity index (χ1) is 6.06. The van der Waals surface area contributed by atoms with Gasteiger partial charge in [0.15, 0.2) is 0 Å². The quantitative estimate of drug-likeness (QED) is 0.705. The fraction of sp³-hybridized carbons (Fsp3) is 0.400. The Morgan fingerprint density at radius 2 is 2.00 bits per heavy atom. The Balaban J connectivity index is 3.28. The van der Waals surface area contributed by atoms with Gasteiger partial charge in [0.2, 0.25) is 0 Å². The molecule has 0 aromatic carbocycles. The Bertz CT molecular complexity index is 322. The van der Waals surface area contributed by atoms with E-state index >= 15 is 0 Å². The van der Waals surface area contributed by atoms with Gasteiger partial charge >= 0.3 is 0 Å². The molecular formula is C10H14N2O. The maximum absolute atomic E-state index is 11.4. The molecule has 1 amide bonds. The maximum atomic E-state index is 11.4. The van der Waals surface area contributed by atoms with Crippen LogP contribution in [0.1, 0.15) is 27.3 Å². The second kappa shape index (κ2) is 3.56. The fourth-order valence-electron chi connectivity index (χ4n) is 1.49. The summed E-state index contributed by atoms with van der Waals surface area (Å²) < 4.78 is 0. The van der Waals surface area contributed by atoms with Crippen LogP contribution in [-0.2, 0) is 0 Å². The zero-order chi connectivity index (χ0) is 10.0. The third kappa shape index (κ3) is 1.86. The normalized spacial score (nSPS) is 9.85. The summed E-state index contributed by atoms with van der Waals surface area (Å²) in [6.07, 6.45) is 0. The van der Waals surface area contributed by atoms with Crippen LogP contribution in [-0.4, -0.2) is 17.9 Å². The molecule has 1 aromatic heterocycles. The fourth-order valence-corrected chi connectivity index (χ4v) is 1.49. The number of rotatable bonds is 1. The molecule has 13 heavy (non-hydrogen) atoms. The second-order valence-electron chi connectivity index (χ2n) is 3.12. The molecule has 0 aliphatic heterocycles. The molecule has 1 rings (SSSR count). The molecule has 0 fully saturated rings. The number of aryl methyl sites for hydroxylation is 3. The Labute approximate surface area is 78.2 Å². The highest BCUT2D eigenvalue weighted by Crippen LogP contribution is 2.12. The topological polar surface area (TPSA) is 42.0 Å². The van der Waals surface area contributed by atoms with Crippen LogP contribution in [0.15, 0.2) is 6.07 Å². The first-order valence-electron chi connectivity index (χ1n) is 4.23. The number of carbonyl (C=O) groups is 1. The number of hydrogen-bond donors (Lipinski definition) is 1. The van der Waals surface area contributed by atoms with Crippen LogP contribution in [0.25, 0.3) is 0 Å². The molecule has 3 nitrogen and oxygen atoms in total. The van der Waals surface area contributed by atoms with Gasteiger partial charge < -0.3 is 5.32 Å². The summed E-state index contributed by atoms with van der Waals surface area (Å²) in [7, 11) is 1.63. The van der Waals surface area contributed by atoms with Crippen molar-refractivity contribution < 1.29 is 4.79 Å². The molecular weight excluding hydrogens is 164 g/mol. The molecule has 0 aliphatic rings. The van der Waals surface area contributed by atoms with Crippen LogP contribution >= 0.6 is 0 Å².